The van der Waals surface area contributed by atoms with Gasteiger partial charge in [-0.1, -0.05) is 17.7 Å². The molecule has 22 heavy (non-hydrogen) atoms. The molecular weight excluding hydrogens is 306 g/mol. The first kappa shape index (κ1) is 16.7. The van der Waals surface area contributed by atoms with Gasteiger partial charge in [-0.15, -0.1) is 0 Å². The van der Waals surface area contributed by atoms with Gasteiger partial charge in [0, 0.05) is 30.2 Å². The number of morpholine rings is 1. The Kier molecular flexibility index (Phi) is 5.76. The van der Waals surface area contributed by atoms with Crippen molar-refractivity contribution in [2.45, 2.75) is 6.10 Å². The molecule has 0 radical (unpaired) electrons. The van der Waals surface area contributed by atoms with Crippen LogP contribution in [0.1, 0.15) is 10.4 Å². The number of ether oxygens (including phenoxy) is 1. The van der Waals surface area contributed by atoms with E-state index < -0.39 is 0 Å². The molecule has 1 aromatic rings. The van der Waals surface area contributed by atoms with Crippen LogP contribution >= 0.6 is 11.6 Å². The topological polar surface area (TPSA) is 75.9 Å². The lowest BCUT2D eigenvalue weighted by Gasteiger charge is -2.34. The number of nitrogens with zero attached hydrogens (tertiary/aromatic N) is 2. The molecule has 1 saturated heterocycles. The number of amides is 2. The van der Waals surface area contributed by atoms with Gasteiger partial charge in [0.15, 0.2) is 0 Å². The van der Waals surface area contributed by atoms with E-state index in [2.05, 4.69) is 0 Å². The summed E-state index contributed by atoms with van der Waals surface area (Å²) in [6, 6.07) is 6.90. The van der Waals surface area contributed by atoms with Crippen molar-refractivity contribution in [3.8, 4) is 0 Å². The SMILES string of the molecule is CN(CC(N)=O)CC1CN(C(=O)c2cccc(Cl)c2)CCO1. The average Bonchev–Trinajstić information content (AvgIpc) is 2.45. The summed E-state index contributed by atoms with van der Waals surface area (Å²) in [6.07, 6.45) is -0.138. The maximum Gasteiger partial charge on any atom is 0.254 e. The summed E-state index contributed by atoms with van der Waals surface area (Å²) in [6.45, 7) is 2.21. The van der Waals surface area contributed by atoms with E-state index in [1.165, 1.54) is 0 Å². The first-order valence-electron chi connectivity index (χ1n) is 7.09. The maximum atomic E-state index is 12.5. The minimum Gasteiger partial charge on any atom is -0.373 e. The molecule has 0 saturated carbocycles. The number of benzene rings is 1. The van der Waals surface area contributed by atoms with E-state index in [1.807, 2.05) is 0 Å². The standard InChI is InChI=1S/C15H20ClN3O3/c1-18(10-14(17)20)8-13-9-19(5-6-22-13)15(21)11-3-2-4-12(16)7-11/h2-4,7,13H,5-6,8-10H2,1H3,(H2,17,20). The highest BCUT2D eigenvalue weighted by Gasteiger charge is 2.26. The van der Waals surface area contributed by atoms with E-state index in [4.69, 9.17) is 22.1 Å². The molecule has 0 spiro atoms. The van der Waals surface area contributed by atoms with Crippen molar-refractivity contribution in [2.75, 3.05) is 39.8 Å². The second-order valence-corrected chi connectivity index (χ2v) is 5.85. The zero-order valence-corrected chi connectivity index (χ0v) is 13.3. The number of carbonyl (C=O) groups excluding carboxylic acids is 2. The Balaban J connectivity index is 1.95. The number of halogens is 1. The molecule has 2 amide bonds. The van der Waals surface area contributed by atoms with E-state index in [0.717, 1.165) is 0 Å². The van der Waals surface area contributed by atoms with Crippen molar-refractivity contribution in [3.05, 3.63) is 34.9 Å². The fourth-order valence-electron chi connectivity index (χ4n) is 2.50. The Morgan fingerprint density at radius 3 is 2.95 bits per heavy atom. The Morgan fingerprint density at radius 1 is 1.50 bits per heavy atom. The van der Waals surface area contributed by atoms with Gasteiger partial charge in [0.25, 0.3) is 5.91 Å². The van der Waals surface area contributed by atoms with Gasteiger partial charge in [0.1, 0.15) is 0 Å². The van der Waals surface area contributed by atoms with Crippen molar-refractivity contribution < 1.29 is 14.3 Å². The molecule has 1 aliphatic heterocycles. The van der Waals surface area contributed by atoms with Crippen LogP contribution in [-0.4, -0.2) is 67.6 Å². The first-order valence-corrected chi connectivity index (χ1v) is 7.47. The molecule has 7 heteroatoms. The van der Waals surface area contributed by atoms with Gasteiger partial charge in [-0.2, -0.15) is 0 Å². The molecule has 0 aliphatic carbocycles. The largest absolute Gasteiger partial charge is 0.373 e. The summed E-state index contributed by atoms with van der Waals surface area (Å²) in [4.78, 5) is 26.9. The number of likely N-dealkylation sites (N-methyl/N-ethyl adjacent to an activating group) is 1. The smallest absolute Gasteiger partial charge is 0.254 e. The van der Waals surface area contributed by atoms with Gasteiger partial charge in [-0.05, 0) is 25.2 Å². The third-order valence-electron chi connectivity index (χ3n) is 3.44. The number of primary amides is 1. The lowest BCUT2D eigenvalue weighted by atomic mass is 10.1. The third kappa shape index (κ3) is 4.69. The molecule has 120 valence electrons. The predicted molar refractivity (Wildman–Crippen MR) is 83.8 cm³/mol. The van der Waals surface area contributed by atoms with Gasteiger partial charge in [0.2, 0.25) is 5.91 Å². The fourth-order valence-corrected chi connectivity index (χ4v) is 2.69. The van der Waals surface area contributed by atoms with E-state index in [-0.39, 0.29) is 24.5 Å². The minimum absolute atomic E-state index is 0.0617. The van der Waals surface area contributed by atoms with Crippen LogP contribution < -0.4 is 5.73 Å². The van der Waals surface area contributed by atoms with Crippen LogP contribution in [0.2, 0.25) is 5.02 Å². The normalized spacial score (nSPS) is 18.5. The number of rotatable bonds is 5. The van der Waals surface area contributed by atoms with E-state index in [0.29, 0.717) is 36.8 Å². The Labute approximate surface area is 134 Å². The monoisotopic (exact) mass is 325 g/mol. The molecule has 6 nitrogen and oxygen atoms in total. The van der Waals surface area contributed by atoms with Crippen molar-refractivity contribution in [1.82, 2.24) is 9.80 Å². The lowest BCUT2D eigenvalue weighted by Crippen LogP contribution is -2.49. The van der Waals surface area contributed by atoms with Gasteiger partial charge in [-0.25, -0.2) is 0 Å². The second-order valence-electron chi connectivity index (χ2n) is 5.42. The summed E-state index contributed by atoms with van der Waals surface area (Å²) >= 11 is 5.93. The quantitative estimate of drug-likeness (QED) is 0.860. The lowest BCUT2D eigenvalue weighted by molar-refractivity contribution is -0.119. The van der Waals surface area contributed by atoms with Crippen molar-refractivity contribution >= 4 is 23.4 Å². The van der Waals surface area contributed by atoms with Gasteiger partial charge >= 0.3 is 0 Å². The van der Waals surface area contributed by atoms with Crippen LogP contribution in [-0.2, 0) is 9.53 Å². The van der Waals surface area contributed by atoms with E-state index >= 15 is 0 Å². The maximum absolute atomic E-state index is 12.5. The molecule has 2 rings (SSSR count). The predicted octanol–water partition coefficient (Wildman–Crippen LogP) is 0.598. The molecule has 1 heterocycles. The molecule has 0 aromatic heterocycles. The molecule has 1 unspecified atom stereocenters. The summed E-state index contributed by atoms with van der Waals surface area (Å²) in [7, 11) is 1.80. The summed E-state index contributed by atoms with van der Waals surface area (Å²) in [5.74, 6) is -0.446. The van der Waals surface area contributed by atoms with Gasteiger partial charge in [0.05, 0.1) is 19.3 Å². The van der Waals surface area contributed by atoms with Crippen molar-refractivity contribution in [2.24, 2.45) is 5.73 Å². The third-order valence-corrected chi connectivity index (χ3v) is 3.67. The molecule has 1 atom stereocenters. The van der Waals surface area contributed by atoms with Crippen LogP contribution in [0.3, 0.4) is 0 Å². The molecular formula is C15H20ClN3O3. The van der Waals surface area contributed by atoms with Crippen LogP contribution in [0.15, 0.2) is 24.3 Å². The first-order chi connectivity index (χ1) is 10.5. The molecule has 1 fully saturated rings. The summed E-state index contributed by atoms with van der Waals surface area (Å²) in [5, 5.41) is 0.539. The zero-order valence-electron chi connectivity index (χ0n) is 12.5. The van der Waals surface area contributed by atoms with Crippen LogP contribution in [0.4, 0.5) is 0 Å². The average molecular weight is 326 g/mol. The highest BCUT2D eigenvalue weighted by atomic mass is 35.5. The Hall–Kier alpha value is -1.63. The summed E-state index contributed by atoms with van der Waals surface area (Å²) in [5.41, 5.74) is 5.73. The van der Waals surface area contributed by atoms with Gasteiger partial charge < -0.3 is 15.4 Å². The highest BCUT2D eigenvalue weighted by molar-refractivity contribution is 6.30. The molecule has 0 bridgehead atoms. The second kappa shape index (κ2) is 7.58. The number of carbonyl (C=O) groups is 2. The summed E-state index contributed by atoms with van der Waals surface area (Å²) < 4.78 is 5.66. The Bertz CT molecular complexity index is 553. The minimum atomic E-state index is -0.384. The molecule has 1 aromatic carbocycles. The van der Waals surface area contributed by atoms with Crippen molar-refractivity contribution in [3.63, 3.8) is 0 Å². The van der Waals surface area contributed by atoms with Gasteiger partial charge in [-0.3, -0.25) is 14.5 Å². The number of nitrogens with two attached hydrogens (primary N) is 1. The number of hydrogen-bond donors (Lipinski definition) is 1. The van der Waals surface area contributed by atoms with Crippen LogP contribution in [0.5, 0.6) is 0 Å². The zero-order chi connectivity index (χ0) is 16.1. The van der Waals surface area contributed by atoms with Crippen LogP contribution in [0.25, 0.3) is 0 Å². The molecule has 1 aliphatic rings. The highest BCUT2D eigenvalue weighted by Crippen LogP contribution is 2.15. The van der Waals surface area contributed by atoms with Crippen molar-refractivity contribution in [1.29, 1.82) is 0 Å². The molecule has 2 N–H and O–H groups in total. The van der Waals surface area contributed by atoms with Crippen LogP contribution in [0, 0.1) is 0 Å². The van der Waals surface area contributed by atoms with E-state index in [1.54, 1.807) is 41.1 Å². The van der Waals surface area contributed by atoms with E-state index in [9.17, 15) is 9.59 Å². The Morgan fingerprint density at radius 2 is 2.27 bits per heavy atom. The fraction of sp³-hybridized carbons (Fsp3) is 0.467. The number of hydrogen-bond acceptors (Lipinski definition) is 4.